The SMILES string of the molecule is CC[C@H]1/C=C/C=C/C[C@@H](C)[C@H](O)[C@H](C)C(=O)[C@@H](C)[C@H](O)[C@@H](C)C(=O)[C@@H](C)[C@@H](O)[C@@H](C)/C=C/C(=O)OC2[C@@H](C)C(CC1)OC1(CC[C@H](C)[C@H](C[C@@H](C)O)O1)[C@@H]2C. The highest BCUT2D eigenvalue weighted by Gasteiger charge is 2.56. The number of hydrogen-bond acceptors (Lipinski definition) is 10. The molecule has 0 aromatic heterocycles. The standard InChI is InChI=1S/C45H74O10/c1-12-35-17-15-13-14-16-26(3)39(48)30(7)41(50)32(9)43(52)33(10)42(51)31(8)40(49)27(4)18-21-38(47)53-44-29(6)36(20-19-35)54-45(34(44)11)23-22-25(2)37(55-45)24-28(5)46/h13-15,17-18,21,25-37,39-40,43-44,46,48-49,52H,12,16,19-20,22-24H2,1-11H3/b14-13+,17-15+,21-18+/t25-,26+,27-,28+,29-,30-,31-,32+,33-,34+,35-,36?,37-,39-,40-,43-,44?,45?/m0/s1. The molecule has 55 heavy (non-hydrogen) atoms. The second-order valence-corrected chi connectivity index (χ2v) is 17.7. The number of rotatable bonds is 3. The highest BCUT2D eigenvalue weighted by atomic mass is 16.7. The van der Waals surface area contributed by atoms with E-state index in [4.69, 9.17) is 14.2 Å². The van der Waals surface area contributed by atoms with Crippen molar-refractivity contribution in [3.05, 3.63) is 36.5 Å². The first-order chi connectivity index (χ1) is 25.8. The summed E-state index contributed by atoms with van der Waals surface area (Å²) in [6, 6.07) is 0. The molecule has 3 aliphatic rings. The topological polar surface area (TPSA) is 160 Å². The van der Waals surface area contributed by atoms with Gasteiger partial charge in [0.05, 0.1) is 36.6 Å². The Labute approximate surface area is 331 Å². The molecule has 10 nitrogen and oxygen atoms in total. The number of fused-ring (bicyclic) bond motifs is 2. The molecule has 314 valence electrons. The fourth-order valence-electron chi connectivity index (χ4n) is 8.95. The Morgan fingerprint density at radius 3 is 1.96 bits per heavy atom. The van der Waals surface area contributed by atoms with E-state index in [9.17, 15) is 34.8 Å². The summed E-state index contributed by atoms with van der Waals surface area (Å²) < 4.78 is 20.0. The minimum Gasteiger partial charge on any atom is -0.458 e. The van der Waals surface area contributed by atoms with E-state index in [1.807, 2.05) is 32.1 Å². The van der Waals surface area contributed by atoms with E-state index in [-0.39, 0.29) is 47.6 Å². The fourth-order valence-corrected chi connectivity index (χ4v) is 8.95. The van der Waals surface area contributed by atoms with Gasteiger partial charge < -0.3 is 34.6 Å². The number of aliphatic hydroxyl groups is 4. The predicted molar refractivity (Wildman–Crippen MR) is 213 cm³/mol. The van der Waals surface area contributed by atoms with Gasteiger partial charge in [-0.25, -0.2) is 4.79 Å². The smallest absolute Gasteiger partial charge is 0.330 e. The zero-order valence-electron chi connectivity index (χ0n) is 35.5. The number of Topliss-reactive ketones (excluding diaryl/α,β-unsaturated/α-hetero) is 2. The van der Waals surface area contributed by atoms with Crippen LogP contribution in [0, 0.1) is 59.2 Å². The van der Waals surface area contributed by atoms with Gasteiger partial charge in [0.1, 0.15) is 17.7 Å². The first-order valence-corrected chi connectivity index (χ1v) is 21.1. The van der Waals surface area contributed by atoms with Crippen molar-refractivity contribution in [2.45, 2.75) is 170 Å². The van der Waals surface area contributed by atoms with E-state index in [0.717, 1.165) is 25.7 Å². The van der Waals surface area contributed by atoms with Crippen molar-refractivity contribution in [2.24, 2.45) is 59.2 Å². The predicted octanol–water partition coefficient (Wildman–Crippen LogP) is 6.77. The third-order valence-corrected chi connectivity index (χ3v) is 13.4. The van der Waals surface area contributed by atoms with Gasteiger partial charge >= 0.3 is 5.97 Å². The van der Waals surface area contributed by atoms with Crippen molar-refractivity contribution in [1.29, 1.82) is 0 Å². The lowest BCUT2D eigenvalue weighted by molar-refractivity contribution is -0.371. The van der Waals surface area contributed by atoms with E-state index in [2.05, 4.69) is 26.8 Å². The minimum atomic E-state index is -1.30. The van der Waals surface area contributed by atoms with E-state index in [0.29, 0.717) is 19.3 Å². The van der Waals surface area contributed by atoms with Crippen LogP contribution >= 0.6 is 0 Å². The van der Waals surface area contributed by atoms with Gasteiger partial charge in [-0.2, -0.15) is 0 Å². The number of hydrogen-bond donors (Lipinski definition) is 4. The average molecular weight is 775 g/mol. The Hall–Kier alpha value is -2.21. The second-order valence-electron chi connectivity index (χ2n) is 17.7. The molecule has 2 fully saturated rings. The molecule has 4 N–H and O–H groups in total. The van der Waals surface area contributed by atoms with Gasteiger partial charge in [0.15, 0.2) is 5.79 Å². The second kappa shape index (κ2) is 21.0. The van der Waals surface area contributed by atoms with E-state index in [1.54, 1.807) is 47.6 Å². The van der Waals surface area contributed by atoms with Crippen molar-refractivity contribution in [3.8, 4) is 0 Å². The van der Waals surface area contributed by atoms with Crippen LogP contribution in [0.3, 0.4) is 0 Å². The van der Waals surface area contributed by atoms with Crippen LogP contribution in [0.15, 0.2) is 36.5 Å². The molecule has 0 aromatic carbocycles. The number of esters is 1. The van der Waals surface area contributed by atoms with Crippen LogP contribution in [0.1, 0.15) is 121 Å². The summed E-state index contributed by atoms with van der Waals surface area (Å²) in [6.07, 6.45) is 11.1. The summed E-state index contributed by atoms with van der Waals surface area (Å²) in [7, 11) is 0. The number of allylic oxidation sites excluding steroid dienone is 4. The molecule has 18 atom stereocenters. The Morgan fingerprint density at radius 1 is 0.764 bits per heavy atom. The van der Waals surface area contributed by atoms with Crippen LogP contribution in [0.2, 0.25) is 0 Å². The molecule has 2 saturated heterocycles. The maximum atomic E-state index is 13.5. The largest absolute Gasteiger partial charge is 0.458 e. The third-order valence-electron chi connectivity index (χ3n) is 13.4. The van der Waals surface area contributed by atoms with Gasteiger partial charge in [-0.3, -0.25) is 9.59 Å². The molecular formula is C45H74O10. The van der Waals surface area contributed by atoms with Crippen molar-refractivity contribution in [2.75, 3.05) is 0 Å². The summed E-state index contributed by atoms with van der Waals surface area (Å²) >= 11 is 0. The molecular weight excluding hydrogens is 700 g/mol. The molecule has 0 saturated carbocycles. The van der Waals surface area contributed by atoms with E-state index >= 15 is 0 Å². The Kier molecular flexibility index (Phi) is 18.0. The first-order valence-electron chi connectivity index (χ1n) is 21.1. The van der Waals surface area contributed by atoms with Gasteiger partial charge in [-0.05, 0) is 63.2 Å². The number of ketones is 2. The summed E-state index contributed by atoms with van der Waals surface area (Å²) in [6.45, 7) is 20.1. The molecule has 2 bridgehead atoms. The van der Waals surface area contributed by atoms with Crippen LogP contribution in [0.4, 0.5) is 0 Å². The molecule has 0 radical (unpaired) electrons. The number of carbonyl (C=O) groups excluding carboxylic acids is 3. The van der Waals surface area contributed by atoms with Crippen LogP contribution in [-0.2, 0) is 28.6 Å². The summed E-state index contributed by atoms with van der Waals surface area (Å²) in [5, 5.41) is 43.8. The van der Waals surface area contributed by atoms with Crippen LogP contribution < -0.4 is 0 Å². The highest BCUT2D eigenvalue weighted by Crippen LogP contribution is 2.49. The number of aliphatic hydroxyl groups excluding tert-OH is 4. The zero-order chi connectivity index (χ0) is 41.4. The lowest BCUT2D eigenvalue weighted by Gasteiger charge is -2.55. The van der Waals surface area contributed by atoms with Crippen LogP contribution in [0.25, 0.3) is 0 Å². The quantitative estimate of drug-likeness (QED) is 0.226. The molecule has 3 aliphatic heterocycles. The van der Waals surface area contributed by atoms with Crippen molar-refractivity contribution < 1.29 is 49.0 Å². The maximum Gasteiger partial charge on any atom is 0.330 e. The fraction of sp³-hybridized carbons (Fsp3) is 0.800. The molecule has 1 spiro atoms. The van der Waals surface area contributed by atoms with Gasteiger partial charge in [-0.1, -0.05) is 99.6 Å². The Morgan fingerprint density at radius 2 is 1.36 bits per heavy atom. The molecule has 0 aliphatic carbocycles. The first kappa shape index (κ1) is 47.2. The molecule has 3 unspecified atom stereocenters. The maximum absolute atomic E-state index is 13.5. The van der Waals surface area contributed by atoms with Crippen molar-refractivity contribution in [1.82, 2.24) is 0 Å². The average Bonchev–Trinajstić information content (AvgIpc) is 3.16. The van der Waals surface area contributed by atoms with E-state index in [1.165, 1.54) is 6.08 Å². The molecule has 3 rings (SSSR count). The molecule has 0 aromatic rings. The number of carbonyl (C=O) groups is 3. The van der Waals surface area contributed by atoms with Gasteiger partial charge in [0.2, 0.25) is 0 Å². The van der Waals surface area contributed by atoms with E-state index < -0.39 is 77.6 Å². The summed E-state index contributed by atoms with van der Waals surface area (Å²) in [5.74, 6) is -6.53. The van der Waals surface area contributed by atoms with Crippen LogP contribution in [-0.4, -0.2) is 86.5 Å². The summed E-state index contributed by atoms with van der Waals surface area (Å²) in [5.41, 5.74) is 0. The van der Waals surface area contributed by atoms with Crippen molar-refractivity contribution in [3.63, 3.8) is 0 Å². The summed E-state index contributed by atoms with van der Waals surface area (Å²) in [4.78, 5) is 40.4. The highest BCUT2D eigenvalue weighted by molar-refractivity contribution is 5.87. The number of ether oxygens (including phenoxy) is 3. The minimum absolute atomic E-state index is 0.144. The third kappa shape index (κ3) is 11.9. The van der Waals surface area contributed by atoms with Gasteiger partial charge in [0, 0.05) is 53.9 Å². The Balaban J connectivity index is 1.97. The molecule has 3 heterocycles. The van der Waals surface area contributed by atoms with Crippen molar-refractivity contribution >= 4 is 17.5 Å². The van der Waals surface area contributed by atoms with Gasteiger partial charge in [0.25, 0.3) is 0 Å². The molecule has 10 heteroatoms. The monoisotopic (exact) mass is 775 g/mol. The van der Waals surface area contributed by atoms with Crippen LogP contribution in [0.5, 0.6) is 0 Å². The Bertz CT molecular complexity index is 1340. The molecule has 0 amide bonds. The normalized spacial score (nSPS) is 46.1. The lowest BCUT2D eigenvalue weighted by atomic mass is 9.74. The van der Waals surface area contributed by atoms with Gasteiger partial charge in [-0.15, -0.1) is 0 Å². The lowest BCUT2D eigenvalue weighted by Crippen LogP contribution is -2.62. The zero-order valence-corrected chi connectivity index (χ0v) is 35.5.